The summed E-state index contributed by atoms with van der Waals surface area (Å²) in [4.78, 5) is 11.3. The predicted molar refractivity (Wildman–Crippen MR) is 69.6 cm³/mol. The fraction of sp³-hybridized carbons (Fsp3) is 0.400. The van der Waals surface area contributed by atoms with E-state index in [1.807, 2.05) is 0 Å². The number of ether oxygens (including phenoxy) is 1. The third-order valence-corrected chi connectivity index (χ3v) is 3.33. The van der Waals surface area contributed by atoms with Gasteiger partial charge in [-0.1, -0.05) is 39.0 Å². The second-order valence-corrected chi connectivity index (χ2v) is 5.92. The lowest BCUT2D eigenvalue weighted by Crippen LogP contribution is -2.48. The van der Waals surface area contributed by atoms with Crippen LogP contribution in [0.4, 0.5) is 13.2 Å². The summed E-state index contributed by atoms with van der Waals surface area (Å²) in [6.45, 7) is 4.82. The number of hydrogen-bond donors (Lipinski definition) is 1. The number of carbonyl (C=O) groups is 1. The van der Waals surface area contributed by atoms with Crippen LogP contribution < -0.4 is 4.74 Å². The van der Waals surface area contributed by atoms with E-state index in [4.69, 9.17) is 4.74 Å². The number of aliphatic hydroxyl groups is 1. The third-order valence-electron chi connectivity index (χ3n) is 3.33. The van der Waals surface area contributed by atoms with E-state index in [1.54, 1.807) is 20.8 Å². The Labute approximate surface area is 120 Å². The first-order valence-electron chi connectivity index (χ1n) is 6.30. The molecule has 0 bridgehead atoms. The van der Waals surface area contributed by atoms with Gasteiger partial charge in [0.1, 0.15) is 11.5 Å². The molecule has 1 N–H and O–H groups in total. The van der Waals surface area contributed by atoms with Crippen molar-refractivity contribution in [1.29, 1.82) is 0 Å². The summed E-state index contributed by atoms with van der Waals surface area (Å²) in [5.41, 5.74) is -5.52. The van der Waals surface area contributed by atoms with Crippen LogP contribution in [0.5, 0.6) is 5.75 Å². The summed E-state index contributed by atoms with van der Waals surface area (Å²) in [5.74, 6) is -0.288. The van der Waals surface area contributed by atoms with Gasteiger partial charge >= 0.3 is 6.18 Å². The average molecular weight is 300 g/mol. The number of aldehydes is 1. The molecule has 0 spiro atoms. The number of carbonyl (C=O) groups excluding carboxylic acids is 1. The monoisotopic (exact) mass is 300 g/mol. The zero-order chi connectivity index (χ0) is 16.1. The Morgan fingerprint density at radius 3 is 2.24 bits per heavy atom. The first kappa shape index (κ1) is 15.6. The van der Waals surface area contributed by atoms with Gasteiger partial charge < -0.3 is 9.84 Å². The van der Waals surface area contributed by atoms with Gasteiger partial charge in [-0.05, 0) is 6.07 Å². The molecule has 0 saturated carbocycles. The van der Waals surface area contributed by atoms with Crippen molar-refractivity contribution in [2.24, 2.45) is 5.41 Å². The SMILES string of the molecule is CC(C)(C)C1=C(C=O)[C@@](O)(C(F)(F)F)c2ccccc2O1. The maximum atomic E-state index is 13.5. The summed E-state index contributed by atoms with van der Waals surface area (Å²) in [5, 5.41) is 10.4. The average Bonchev–Trinajstić information content (AvgIpc) is 2.36. The lowest BCUT2D eigenvalue weighted by atomic mass is 9.78. The lowest BCUT2D eigenvalue weighted by Gasteiger charge is -2.39. The molecule has 1 heterocycles. The lowest BCUT2D eigenvalue weighted by molar-refractivity contribution is -0.252. The molecule has 2 rings (SSSR count). The van der Waals surface area contributed by atoms with Gasteiger partial charge in [0.15, 0.2) is 6.29 Å². The van der Waals surface area contributed by atoms with Gasteiger partial charge in [0.05, 0.1) is 5.57 Å². The van der Waals surface area contributed by atoms with Crippen molar-refractivity contribution in [3.05, 3.63) is 41.2 Å². The first-order chi connectivity index (χ1) is 9.53. The molecule has 0 radical (unpaired) electrons. The number of rotatable bonds is 1. The summed E-state index contributed by atoms with van der Waals surface area (Å²) in [6.07, 6.45) is -5.02. The molecule has 0 aromatic heterocycles. The molecule has 3 nitrogen and oxygen atoms in total. The summed E-state index contributed by atoms with van der Waals surface area (Å²) >= 11 is 0. The highest BCUT2D eigenvalue weighted by atomic mass is 19.4. The van der Waals surface area contributed by atoms with Crippen LogP contribution in [0.3, 0.4) is 0 Å². The number of allylic oxidation sites excluding steroid dienone is 1. The molecule has 1 aromatic rings. The highest BCUT2D eigenvalue weighted by Crippen LogP contribution is 2.52. The minimum Gasteiger partial charge on any atom is -0.460 e. The van der Waals surface area contributed by atoms with Gasteiger partial charge in [-0.25, -0.2) is 0 Å². The van der Waals surface area contributed by atoms with Crippen LogP contribution in [-0.4, -0.2) is 17.6 Å². The Hall–Kier alpha value is -1.82. The third kappa shape index (κ3) is 2.23. The summed E-state index contributed by atoms with van der Waals surface area (Å²) < 4.78 is 46.0. The van der Waals surface area contributed by atoms with E-state index in [0.29, 0.717) is 0 Å². The zero-order valence-electron chi connectivity index (χ0n) is 11.8. The van der Waals surface area contributed by atoms with Gasteiger partial charge in [0, 0.05) is 11.0 Å². The van der Waals surface area contributed by atoms with E-state index >= 15 is 0 Å². The second-order valence-electron chi connectivity index (χ2n) is 5.92. The molecule has 0 amide bonds. The van der Waals surface area contributed by atoms with Crippen LogP contribution in [0.15, 0.2) is 35.6 Å². The minimum absolute atomic E-state index is 0.0179. The quantitative estimate of drug-likeness (QED) is 0.809. The summed E-state index contributed by atoms with van der Waals surface area (Å²) in [6, 6.07) is 5.29. The van der Waals surface area contributed by atoms with E-state index < -0.39 is 28.3 Å². The number of fused-ring (bicyclic) bond motifs is 1. The van der Waals surface area contributed by atoms with Gasteiger partial charge in [-0.2, -0.15) is 13.2 Å². The van der Waals surface area contributed by atoms with E-state index in [-0.39, 0.29) is 17.8 Å². The van der Waals surface area contributed by atoms with Crippen molar-refractivity contribution in [1.82, 2.24) is 0 Å². The van der Waals surface area contributed by atoms with Crippen molar-refractivity contribution < 1.29 is 27.8 Å². The molecule has 1 atom stereocenters. The standard InChI is InChI=1S/C15H15F3O3/c1-13(2,3)12-10(8-19)14(20,15(16,17)18)9-6-4-5-7-11(9)21-12/h4-8,20H,1-3H3/t14-/m1/s1. The van der Waals surface area contributed by atoms with Gasteiger partial charge in [-0.15, -0.1) is 0 Å². The highest BCUT2D eigenvalue weighted by Gasteiger charge is 2.62. The largest absolute Gasteiger partial charge is 0.460 e. The van der Waals surface area contributed by atoms with Crippen molar-refractivity contribution in [3.8, 4) is 5.75 Å². The highest BCUT2D eigenvalue weighted by molar-refractivity contribution is 5.80. The van der Waals surface area contributed by atoms with Gasteiger partial charge in [-0.3, -0.25) is 4.79 Å². The Morgan fingerprint density at radius 1 is 1.19 bits per heavy atom. The molecule has 0 unspecified atom stereocenters. The fourth-order valence-electron chi connectivity index (χ4n) is 2.33. The molecule has 0 aliphatic carbocycles. The number of benzene rings is 1. The Kier molecular flexibility index (Phi) is 3.40. The molecule has 1 aromatic carbocycles. The molecular weight excluding hydrogens is 285 g/mol. The normalized spacial score (nSPS) is 22.6. The van der Waals surface area contributed by atoms with Crippen molar-refractivity contribution >= 4 is 6.29 Å². The van der Waals surface area contributed by atoms with Gasteiger partial charge in [0.2, 0.25) is 5.60 Å². The molecule has 1 aliphatic heterocycles. The Morgan fingerprint density at radius 2 is 1.76 bits per heavy atom. The Balaban J connectivity index is 2.85. The van der Waals surface area contributed by atoms with Crippen LogP contribution in [0.25, 0.3) is 0 Å². The number of hydrogen-bond acceptors (Lipinski definition) is 3. The van der Waals surface area contributed by atoms with Crippen LogP contribution >= 0.6 is 0 Å². The van der Waals surface area contributed by atoms with E-state index in [1.165, 1.54) is 18.2 Å². The van der Waals surface area contributed by atoms with E-state index in [2.05, 4.69) is 0 Å². The second kappa shape index (κ2) is 4.59. The molecule has 114 valence electrons. The van der Waals surface area contributed by atoms with Crippen molar-refractivity contribution in [3.63, 3.8) is 0 Å². The van der Waals surface area contributed by atoms with E-state index in [9.17, 15) is 23.1 Å². The minimum atomic E-state index is -5.04. The van der Waals surface area contributed by atoms with Gasteiger partial charge in [0.25, 0.3) is 0 Å². The van der Waals surface area contributed by atoms with Crippen LogP contribution in [0, 0.1) is 5.41 Å². The molecule has 6 heteroatoms. The number of alkyl halides is 3. The Bertz CT molecular complexity index is 611. The number of halogens is 3. The van der Waals surface area contributed by atoms with E-state index in [0.717, 1.165) is 6.07 Å². The molecular formula is C15H15F3O3. The fourth-order valence-corrected chi connectivity index (χ4v) is 2.33. The predicted octanol–water partition coefficient (Wildman–Crippen LogP) is 3.33. The van der Waals surface area contributed by atoms with Crippen LogP contribution in [-0.2, 0) is 10.4 Å². The molecule has 0 saturated heterocycles. The topological polar surface area (TPSA) is 46.5 Å². The van der Waals surface area contributed by atoms with Crippen molar-refractivity contribution in [2.75, 3.05) is 0 Å². The summed E-state index contributed by atoms with van der Waals surface area (Å²) in [7, 11) is 0. The zero-order valence-corrected chi connectivity index (χ0v) is 11.8. The van der Waals surface area contributed by atoms with Crippen LogP contribution in [0.1, 0.15) is 26.3 Å². The first-order valence-corrected chi connectivity index (χ1v) is 6.30. The van der Waals surface area contributed by atoms with Crippen molar-refractivity contribution in [2.45, 2.75) is 32.5 Å². The number of para-hydroxylation sites is 1. The maximum absolute atomic E-state index is 13.5. The molecule has 1 aliphatic rings. The van der Waals surface area contributed by atoms with Crippen LogP contribution in [0.2, 0.25) is 0 Å². The molecule has 0 fully saturated rings. The smallest absolute Gasteiger partial charge is 0.426 e. The maximum Gasteiger partial charge on any atom is 0.426 e. The molecule has 21 heavy (non-hydrogen) atoms.